The fraction of sp³-hybridized carbons (Fsp3) is 0.0769. The van der Waals surface area contributed by atoms with Crippen LogP contribution in [0.3, 0.4) is 0 Å². The smallest absolute Gasteiger partial charge is 0.311 e. The van der Waals surface area contributed by atoms with Crippen molar-refractivity contribution in [1.82, 2.24) is 4.98 Å². The lowest BCUT2D eigenvalue weighted by molar-refractivity contribution is -0.385. The number of hydrogen-bond acceptors (Lipinski definition) is 5. The van der Waals surface area contributed by atoms with Crippen LogP contribution in [0.1, 0.15) is 11.1 Å². The maximum absolute atomic E-state index is 11.0. The van der Waals surface area contributed by atoms with Crippen LogP contribution >= 0.6 is 0 Å². The van der Waals surface area contributed by atoms with Gasteiger partial charge in [0.25, 0.3) is 0 Å². The minimum atomic E-state index is -0.522. The van der Waals surface area contributed by atoms with E-state index in [-0.39, 0.29) is 23.0 Å². The van der Waals surface area contributed by atoms with Gasteiger partial charge in [-0.3, -0.25) is 20.5 Å². The molecule has 102 valence electrons. The molecule has 3 N–H and O–H groups in total. The van der Waals surface area contributed by atoms with E-state index in [1.54, 1.807) is 19.1 Å². The van der Waals surface area contributed by atoms with E-state index < -0.39 is 4.92 Å². The largest absolute Gasteiger partial charge is 0.447 e. The maximum Gasteiger partial charge on any atom is 0.311 e. The molecule has 0 aliphatic carbocycles. The number of ether oxygens (including phenoxy) is 1. The van der Waals surface area contributed by atoms with Crippen LogP contribution in [-0.4, -0.2) is 15.7 Å². The number of nitrogens with one attached hydrogen (secondary N) is 1. The summed E-state index contributed by atoms with van der Waals surface area (Å²) < 4.78 is 5.57. The maximum atomic E-state index is 11.0. The van der Waals surface area contributed by atoms with Gasteiger partial charge < -0.3 is 10.5 Å². The summed E-state index contributed by atoms with van der Waals surface area (Å²) >= 11 is 0. The summed E-state index contributed by atoms with van der Waals surface area (Å²) in [6.07, 6.45) is 2.84. The van der Waals surface area contributed by atoms with Crippen LogP contribution < -0.4 is 10.5 Å². The number of rotatable bonds is 4. The summed E-state index contributed by atoms with van der Waals surface area (Å²) in [6, 6.07) is 6.15. The Kier molecular flexibility index (Phi) is 3.60. The van der Waals surface area contributed by atoms with Crippen molar-refractivity contribution in [3.8, 4) is 11.5 Å². The number of benzene rings is 1. The lowest BCUT2D eigenvalue weighted by Crippen LogP contribution is -2.12. The van der Waals surface area contributed by atoms with Crippen molar-refractivity contribution in [1.29, 1.82) is 5.41 Å². The third-order valence-corrected chi connectivity index (χ3v) is 2.67. The van der Waals surface area contributed by atoms with Crippen LogP contribution in [0, 0.1) is 22.4 Å². The van der Waals surface area contributed by atoms with Crippen LogP contribution in [-0.2, 0) is 0 Å². The quantitative estimate of drug-likeness (QED) is 0.383. The Bertz CT molecular complexity index is 685. The highest BCUT2D eigenvalue weighted by Crippen LogP contribution is 2.35. The fourth-order valence-electron chi connectivity index (χ4n) is 1.71. The minimum Gasteiger partial charge on any atom is -0.447 e. The third kappa shape index (κ3) is 2.56. The molecule has 7 nitrogen and oxygen atoms in total. The van der Waals surface area contributed by atoms with Crippen LogP contribution in [0.15, 0.2) is 36.7 Å². The molecule has 0 atom stereocenters. The van der Waals surface area contributed by atoms with E-state index >= 15 is 0 Å². The summed E-state index contributed by atoms with van der Waals surface area (Å²) in [6.45, 7) is 1.70. The van der Waals surface area contributed by atoms with Gasteiger partial charge in [0.05, 0.1) is 16.7 Å². The van der Waals surface area contributed by atoms with Gasteiger partial charge in [-0.1, -0.05) is 12.1 Å². The fourth-order valence-corrected chi connectivity index (χ4v) is 1.71. The first-order valence-corrected chi connectivity index (χ1v) is 5.71. The van der Waals surface area contributed by atoms with E-state index in [1.807, 2.05) is 0 Å². The van der Waals surface area contributed by atoms with Crippen molar-refractivity contribution in [2.24, 2.45) is 5.73 Å². The zero-order chi connectivity index (χ0) is 14.7. The number of amidine groups is 1. The Morgan fingerprint density at radius 2 is 2.20 bits per heavy atom. The number of nitrogens with two attached hydrogens (primary N) is 1. The number of nitrogen functional groups attached to an aromatic ring is 1. The topological polar surface area (TPSA) is 115 Å². The number of pyridine rings is 1. The Hall–Kier alpha value is -2.96. The normalized spacial score (nSPS) is 10.1. The van der Waals surface area contributed by atoms with Gasteiger partial charge in [0.1, 0.15) is 5.84 Å². The molecule has 20 heavy (non-hydrogen) atoms. The summed E-state index contributed by atoms with van der Waals surface area (Å²) in [4.78, 5) is 14.4. The van der Waals surface area contributed by atoms with Gasteiger partial charge in [-0.2, -0.15) is 0 Å². The van der Waals surface area contributed by atoms with Gasteiger partial charge in [0, 0.05) is 12.3 Å². The molecule has 1 aromatic carbocycles. The highest BCUT2D eigenvalue weighted by Gasteiger charge is 2.19. The number of aromatic nitrogens is 1. The molecule has 1 heterocycles. The molecule has 0 saturated heterocycles. The van der Waals surface area contributed by atoms with E-state index in [4.69, 9.17) is 15.9 Å². The highest BCUT2D eigenvalue weighted by atomic mass is 16.6. The molecule has 7 heteroatoms. The number of nitro groups is 1. The number of nitro benzene ring substituents is 1. The second kappa shape index (κ2) is 5.35. The third-order valence-electron chi connectivity index (χ3n) is 2.67. The number of aryl methyl sites for hydroxylation is 1. The number of nitrogens with zero attached hydrogens (tertiary/aromatic N) is 2. The molecule has 2 rings (SSSR count). The molecule has 0 radical (unpaired) electrons. The predicted molar refractivity (Wildman–Crippen MR) is 73.2 cm³/mol. The van der Waals surface area contributed by atoms with Crippen molar-refractivity contribution >= 4 is 11.5 Å². The van der Waals surface area contributed by atoms with Gasteiger partial charge >= 0.3 is 5.69 Å². The molecule has 0 aliphatic rings. The average molecular weight is 272 g/mol. The Labute approximate surface area is 114 Å². The molecule has 0 aliphatic heterocycles. The van der Waals surface area contributed by atoms with Gasteiger partial charge in [-0.25, -0.2) is 0 Å². The molecule has 2 aromatic rings. The molecule has 1 aromatic heterocycles. The molecule has 0 unspecified atom stereocenters. The molecule has 0 amide bonds. The Balaban J connectivity index is 2.51. The van der Waals surface area contributed by atoms with Crippen LogP contribution in [0.5, 0.6) is 11.5 Å². The molecule has 0 saturated carbocycles. The second-order valence-electron chi connectivity index (χ2n) is 4.07. The summed E-state index contributed by atoms with van der Waals surface area (Å²) in [7, 11) is 0. The Morgan fingerprint density at radius 3 is 2.85 bits per heavy atom. The second-order valence-corrected chi connectivity index (χ2v) is 4.07. The van der Waals surface area contributed by atoms with Gasteiger partial charge in [-0.05, 0) is 18.6 Å². The first-order chi connectivity index (χ1) is 9.50. The summed E-state index contributed by atoms with van der Waals surface area (Å²) in [5.41, 5.74) is 6.24. The standard InChI is InChI=1S/C13H12N4O3/c1-8-3-2-4-10(17(18)19)12(8)20-11-7-16-6-5-9(11)13(14)15/h2-7H,1H3,(H3,14,15). The van der Waals surface area contributed by atoms with Crippen molar-refractivity contribution in [3.05, 3.63) is 57.9 Å². The number of hydrogen-bond donors (Lipinski definition) is 2. The van der Waals surface area contributed by atoms with E-state index in [0.717, 1.165) is 0 Å². The summed E-state index contributed by atoms with van der Waals surface area (Å²) in [5.74, 6) is 0.129. The molecular weight excluding hydrogens is 260 g/mol. The molecule has 0 fully saturated rings. The molecule has 0 bridgehead atoms. The minimum absolute atomic E-state index is 0.119. The average Bonchev–Trinajstić information content (AvgIpc) is 2.41. The number of para-hydroxylation sites is 1. The van der Waals surface area contributed by atoms with E-state index in [0.29, 0.717) is 11.1 Å². The van der Waals surface area contributed by atoms with Crippen molar-refractivity contribution in [3.63, 3.8) is 0 Å². The van der Waals surface area contributed by atoms with Gasteiger partial charge in [-0.15, -0.1) is 0 Å². The highest BCUT2D eigenvalue weighted by molar-refractivity contribution is 5.97. The monoisotopic (exact) mass is 272 g/mol. The lowest BCUT2D eigenvalue weighted by Gasteiger charge is -2.11. The van der Waals surface area contributed by atoms with Crippen LogP contribution in [0.2, 0.25) is 0 Å². The van der Waals surface area contributed by atoms with Crippen molar-refractivity contribution in [2.75, 3.05) is 0 Å². The Morgan fingerprint density at radius 1 is 1.45 bits per heavy atom. The van der Waals surface area contributed by atoms with Crippen molar-refractivity contribution in [2.45, 2.75) is 6.92 Å². The summed E-state index contributed by atoms with van der Waals surface area (Å²) in [5, 5.41) is 18.5. The van der Waals surface area contributed by atoms with Crippen LogP contribution in [0.4, 0.5) is 5.69 Å². The first kappa shape index (κ1) is 13.5. The first-order valence-electron chi connectivity index (χ1n) is 5.71. The predicted octanol–water partition coefficient (Wildman–Crippen LogP) is 2.37. The van der Waals surface area contributed by atoms with E-state index in [1.165, 1.54) is 24.5 Å². The lowest BCUT2D eigenvalue weighted by atomic mass is 10.2. The zero-order valence-electron chi connectivity index (χ0n) is 10.7. The molecule has 0 spiro atoms. The van der Waals surface area contributed by atoms with Gasteiger partial charge in [0.2, 0.25) is 5.75 Å². The van der Waals surface area contributed by atoms with Crippen molar-refractivity contribution < 1.29 is 9.66 Å². The SMILES string of the molecule is Cc1cccc([N+](=O)[O-])c1Oc1cnccc1C(=N)N. The molecular formula is C13H12N4O3. The van der Waals surface area contributed by atoms with E-state index in [9.17, 15) is 10.1 Å². The zero-order valence-corrected chi connectivity index (χ0v) is 10.7. The van der Waals surface area contributed by atoms with Crippen LogP contribution in [0.25, 0.3) is 0 Å². The van der Waals surface area contributed by atoms with Gasteiger partial charge in [0.15, 0.2) is 5.75 Å². The van der Waals surface area contributed by atoms with E-state index in [2.05, 4.69) is 4.98 Å².